The van der Waals surface area contributed by atoms with E-state index < -0.39 is 0 Å². The van der Waals surface area contributed by atoms with Crippen molar-refractivity contribution in [1.82, 2.24) is 4.90 Å². The fourth-order valence-electron chi connectivity index (χ4n) is 3.54. The number of rotatable bonds is 2. The zero-order valence-electron chi connectivity index (χ0n) is 7.97. The average Bonchev–Trinajstić information content (AvgIpc) is 2.85. The summed E-state index contributed by atoms with van der Waals surface area (Å²) in [5, 5.41) is 0. The zero-order valence-corrected chi connectivity index (χ0v) is 7.97. The van der Waals surface area contributed by atoms with Crippen molar-refractivity contribution in [2.24, 2.45) is 5.41 Å². The van der Waals surface area contributed by atoms with E-state index in [1.165, 1.54) is 32.2 Å². The van der Waals surface area contributed by atoms with E-state index in [2.05, 4.69) is 11.8 Å². The quantitative estimate of drug-likeness (QED) is 0.619. The van der Waals surface area contributed by atoms with Crippen LogP contribution in [0, 0.1) is 5.41 Å². The van der Waals surface area contributed by atoms with Crippen molar-refractivity contribution in [2.45, 2.75) is 44.4 Å². The SMILES string of the molecule is CCN1C(OC)C2(CC2)C12CC2. The summed E-state index contributed by atoms with van der Waals surface area (Å²) in [5.41, 5.74) is 1.25. The Kier molecular flexibility index (Phi) is 1.15. The molecule has 2 saturated carbocycles. The molecule has 0 amide bonds. The van der Waals surface area contributed by atoms with Gasteiger partial charge in [0.15, 0.2) is 0 Å². The van der Waals surface area contributed by atoms with Crippen molar-refractivity contribution >= 4 is 0 Å². The molecule has 2 aliphatic carbocycles. The van der Waals surface area contributed by atoms with Gasteiger partial charge in [0.1, 0.15) is 6.23 Å². The molecule has 0 bridgehead atoms. The Labute approximate surface area is 73.9 Å². The summed E-state index contributed by atoms with van der Waals surface area (Å²) in [6, 6.07) is 0. The molecule has 1 aliphatic heterocycles. The minimum atomic E-state index is 0.463. The lowest BCUT2D eigenvalue weighted by molar-refractivity contribution is -0.219. The molecule has 2 heteroatoms. The summed E-state index contributed by atoms with van der Waals surface area (Å²) in [5.74, 6) is 0. The fraction of sp³-hybridized carbons (Fsp3) is 1.00. The van der Waals surface area contributed by atoms with Gasteiger partial charge in [-0.05, 0) is 32.2 Å². The van der Waals surface area contributed by atoms with Crippen LogP contribution in [-0.2, 0) is 4.74 Å². The first kappa shape index (κ1) is 7.34. The molecule has 3 fully saturated rings. The van der Waals surface area contributed by atoms with Gasteiger partial charge in [0.25, 0.3) is 0 Å². The second-order valence-electron chi connectivity index (χ2n) is 4.56. The highest BCUT2D eigenvalue weighted by Crippen LogP contribution is 2.76. The van der Waals surface area contributed by atoms with Crippen LogP contribution >= 0.6 is 0 Å². The molecular formula is C10H17NO. The summed E-state index contributed by atoms with van der Waals surface area (Å²) >= 11 is 0. The van der Waals surface area contributed by atoms with Gasteiger partial charge >= 0.3 is 0 Å². The highest BCUT2D eigenvalue weighted by Gasteiger charge is 2.80. The second-order valence-corrected chi connectivity index (χ2v) is 4.56. The van der Waals surface area contributed by atoms with Crippen molar-refractivity contribution in [3.05, 3.63) is 0 Å². The average molecular weight is 167 g/mol. The van der Waals surface area contributed by atoms with Gasteiger partial charge in [-0.3, -0.25) is 4.90 Å². The molecule has 3 aliphatic rings. The standard InChI is InChI=1S/C10H17NO/c1-3-11-8(12-2)9(4-5-9)10(11)6-7-10/h8H,3-7H2,1-2H3. The molecule has 1 atom stereocenters. The maximum Gasteiger partial charge on any atom is 0.118 e. The zero-order chi connectivity index (χ0) is 8.40. The van der Waals surface area contributed by atoms with Gasteiger partial charge in [0.2, 0.25) is 0 Å². The first-order valence-corrected chi connectivity index (χ1v) is 5.10. The van der Waals surface area contributed by atoms with Gasteiger partial charge in [0.05, 0.1) is 0 Å². The summed E-state index contributed by atoms with van der Waals surface area (Å²) in [7, 11) is 1.86. The van der Waals surface area contributed by atoms with Crippen LogP contribution in [0.3, 0.4) is 0 Å². The summed E-state index contributed by atoms with van der Waals surface area (Å²) in [4.78, 5) is 2.57. The van der Waals surface area contributed by atoms with E-state index in [-0.39, 0.29) is 0 Å². The summed E-state index contributed by atoms with van der Waals surface area (Å²) in [6.45, 7) is 3.42. The number of fused-ring (bicyclic) bond motifs is 1. The van der Waals surface area contributed by atoms with Crippen LogP contribution < -0.4 is 0 Å². The number of hydrogen-bond donors (Lipinski definition) is 0. The van der Waals surface area contributed by atoms with Gasteiger partial charge in [-0.1, -0.05) is 6.92 Å². The van der Waals surface area contributed by atoms with Crippen LogP contribution in [0.2, 0.25) is 0 Å². The number of methoxy groups -OCH3 is 1. The van der Waals surface area contributed by atoms with Crippen LogP contribution in [0.15, 0.2) is 0 Å². The topological polar surface area (TPSA) is 12.5 Å². The van der Waals surface area contributed by atoms with Gasteiger partial charge in [-0.25, -0.2) is 0 Å². The third kappa shape index (κ3) is 0.521. The third-order valence-electron chi connectivity index (χ3n) is 4.31. The smallest absolute Gasteiger partial charge is 0.118 e. The highest BCUT2D eigenvalue weighted by molar-refractivity contribution is 5.31. The summed E-state index contributed by atoms with van der Waals surface area (Å²) < 4.78 is 5.57. The molecule has 0 radical (unpaired) electrons. The van der Waals surface area contributed by atoms with Crippen LogP contribution in [0.4, 0.5) is 0 Å². The van der Waals surface area contributed by atoms with E-state index in [1.54, 1.807) is 0 Å². The van der Waals surface area contributed by atoms with Crippen molar-refractivity contribution in [3.8, 4) is 0 Å². The molecule has 1 heterocycles. The van der Waals surface area contributed by atoms with Gasteiger partial charge in [-0.2, -0.15) is 0 Å². The van der Waals surface area contributed by atoms with Crippen LogP contribution in [0.1, 0.15) is 32.6 Å². The largest absolute Gasteiger partial charge is 0.366 e. The Morgan fingerprint density at radius 2 is 2.00 bits per heavy atom. The Hall–Kier alpha value is -0.0800. The Bertz CT molecular complexity index is 194. The molecule has 2 nitrogen and oxygen atoms in total. The van der Waals surface area contributed by atoms with Gasteiger partial charge in [0, 0.05) is 18.1 Å². The highest BCUT2D eigenvalue weighted by atomic mass is 16.5. The molecule has 12 heavy (non-hydrogen) atoms. The first-order chi connectivity index (χ1) is 5.81. The lowest BCUT2D eigenvalue weighted by Crippen LogP contribution is -2.68. The van der Waals surface area contributed by atoms with Crippen molar-refractivity contribution in [1.29, 1.82) is 0 Å². The molecule has 1 unspecified atom stereocenters. The van der Waals surface area contributed by atoms with Crippen LogP contribution in [0.25, 0.3) is 0 Å². The fourth-order valence-corrected chi connectivity index (χ4v) is 3.54. The lowest BCUT2D eigenvalue weighted by atomic mass is 9.79. The summed E-state index contributed by atoms with van der Waals surface area (Å²) in [6.07, 6.45) is 6.16. The van der Waals surface area contributed by atoms with E-state index in [4.69, 9.17) is 4.74 Å². The van der Waals surface area contributed by atoms with Crippen molar-refractivity contribution in [3.63, 3.8) is 0 Å². The Morgan fingerprint density at radius 3 is 2.33 bits per heavy atom. The molecule has 3 rings (SSSR count). The number of hydrogen-bond acceptors (Lipinski definition) is 2. The van der Waals surface area contributed by atoms with E-state index in [1.807, 2.05) is 7.11 Å². The molecule has 0 aromatic rings. The first-order valence-electron chi connectivity index (χ1n) is 5.10. The number of likely N-dealkylation sites (tertiary alicyclic amines) is 1. The maximum atomic E-state index is 5.57. The normalized spacial score (nSPS) is 40.0. The monoisotopic (exact) mass is 167 g/mol. The van der Waals surface area contributed by atoms with Crippen molar-refractivity contribution in [2.75, 3.05) is 13.7 Å². The van der Waals surface area contributed by atoms with E-state index >= 15 is 0 Å². The van der Waals surface area contributed by atoms with E-state index in [0.717, 1.165) is 0 Å². The van der Waals surface area contributed by atoms with E-state index in [0.29, 0.717) is 17.2 Å². The molecular weight excluding hydrogens is 150 g/mol. The molecule has 0 aromatic carbocycles. The third-order valence-corrected chi connectivity index (χ3v) is 4.31. The number of nitrogens with zero attached hydrogens (tertiary/aromatic N) is 1. The molecule has 68 valence electrons. The van der Waals surface area contributed by atoms with Crippen LogP contribution in [0.5, 0.6) is 0 Å². The molecule has 1 saturated heterocycles. The van der Waals surface area contributed by atoms with Gasteiger partial charge < -0.3 is 4.74 Å². The van der Waals surface area contributed by atoms with Crippen LogP contribution in [-0.4, -0.2) is 30.3 Å². The van der Waals surface area contributed by atoms with E-state index in [9.17, 15) is 0 Å². The van der Waals surface area contributed by atoms with Crippen molar-refractivity contribution < 1.29 is 4.74 Å². The predicted molar refractivity (Wildman–Crippen MR) is 46.8 cm³/mol. The molecule has 0 N–H and O–H groups in total. The Balaban J connectivity index is 1.87. The number of ether oxygens (including phenoxy) is 1. The second kappa shape index (κ2) is 1.88. The molecule has 2 spiro atoms. The lowest BCUT2D eigenvalue weighted by Gasteiger charge is -2.56. The minimum absolute atomic E-state index is 0.463. The minimum Gasteiger partial charge on any atom is -0.366 e. The van der Waals surface area contributed by atoms with Gasteiger partial charge in [-0.15, -0.1) is 0 Å². The Morgan fingerprint density at radius 1 is 1.33 bits per heavy atom. The molecule has 0 aromatic heterocycles. The predicted octanol–water partition coefficient (Wildman–Crippen LogP) is 1.61. The maximum absolute atomic E-state index is 5.57.